The lowest BCUT2D eigenvalue weighted by Gasteiger charge is -2.11. The van der Waals surface area contributed by atoms with Crippen LogP contribution in [0.3, 0.4) is 0 Å². The van der Waals surface area contributed by atoms with E-state index in [1.54, 1.807) is 17.7 Å². The SMILES string of the molecule is CCOC(=O)C=Cc1cc(OCc2ccccc2)n(C(C)C)n1. The highest BCUT2D eigenvalue weighted by Crippen LogP contribution is 2.21. The second-order valence-corrected chi connectivity index (χ2v) is 5.31. The third-order valence-corrected chi connectivity index (χ3v) is 3.12. The van der Waals surface area contributed by atoms with Crippen LogP contribution in [0.25, 0.3) is 6.08 Å². The van der Waals surface area contributed by atoms with Gasteiger partial charge in [0.25, 0.3) is 0 Å². The molecule has 1 heterocycles. The molecule has 1 aromatic carbocycles. The van der Waals surface area contributed by atoms with Crippen LogP contribution in [-0.4, -0.2) is 22.4 Å². The molecule has 0 aliphatic rings. The Hall–Kier alpha value is -2.56. The Balaban J connectivity index is 2.10. The van der Waals surface area contributed by atoms with Gasteiger partial charge in [-0.2, -0.15) is 5.10 Å². The minimum absolute atomic E-state index is 0.158. The Morgan fingerprint density at radius 1 is 1.30 bits per heavy atom. The van der Waals surface area contributed by atoms with E-state index in [1.165, 1.54) is 6.08 Å². The third kappa shape index (κ3) is 4.98. The van der Waals surface area contributed by atoms with Crippen LogP contribution in [0.2, 0.25) is 0 Å². The standard InChI is InChI=1S/C18H22N2O3/c1-4-22-18(21)11-10-16-12-17(20(19-16)14(2)3)23-13-15-8-6-5-7-9-15/h5-12,14H,4,13H2,1-3H3. The number of carbonyl (C=O) groups excluding carboxylic acids is 1. The minimum atomic E-state index is -0.377. The van der Waals surface area contributed by atoms with Gasteiger partial charge in [-0.1, -0.05) is 30.3 Å². The van der Waals surface area contributed by atoms with Crippen LogP contribution >= 0.6 is 0 Å². The maximum Gasteiger partial charge on any atom is 0.330 e. The van der Waals surface area contributed by atoms with E-state index in [4.69, 9.17) is 9.47 Å². The molecular weight excluding hydrogens is 292 g/mol. The van der Waals surface area contributed by atoms with Crippen molar-refractivity contribution in [3.63, 3.8) is 0 Å². The Labute approximate surface area is 136 Å². The molecule has 122 valence electrons. The van der Waals surface area contributed by atoms with Crippen molar-refractivity contribution in [1.82, 2.24) is 9.78 Å². The average molecular weight is 314 g/mol. The summed E-state index contributed by atoms with van der Waals surface area (Å²) >= 11 is 0. The number of nitrogens with zero attached hydrogens (tertiary/aromatic N) is 2. The molecule has 2 aromatic rings. The molecule has 0 saturated heterocycles. The fourth-order valence-corrected chi connectivity index (χ4v) is 2.03. The molecule has 0 aliphatic heterocycles. The van der Waals surface area contributed by atoms with Crippen molar-refractivity contribution in [1.29, 1.82) is 0 Å². The second-order valence-electron chi connectivity index (χ2n) is 5.31. The van der Waals surface area contributed by atoms with Gasteiger partial charge in [-0.15, -0.1) is 0 Å². The molecule has 0 saturated carbocycles. The lowest BCUT2D eigenvalue weighted by Crippen LogP contribution is -2.07. The molecule has 0 unspecified atom stereocenters. The van der Waals surface area contributed by atoms with E-state index in [9.17, 15) is 4.79 Å². The van der Waals surface area contributed by atoms with E-state index in [0.717, 1.165) is 5.56 Å². The van der Waals surface area contributed by atoms with Crippen LogP contribution in [0.4, 0.5) is 0 Å². The summed E-state index contributed by atoms with van der Waals surface area (Å²) in [5.74, 6) is 0.297. The number of ether oxygens (including phenoxy) is 2. The molecule has 0 bridgehead atoms. The first-order chi connectivity index (χ1) is 11.1. The maximum atomic E-state index is 11.4. The van der Waals surface area contributed by atoms with Crippen LogP contribution in [0.5, 0.6) is 5.88 Å². The fraction of sp³-hybridized carbons (Fsp3) is 0.333. The summed E-state index contributed by atoms with van der Waals surface area (Å²) in [5, 5.41) is 4.45. The van der Waals surface area contributed by atoms with Gasteiger partial charge in [0.1, 0.15) is 6.61 Å². The molecule has 2 rings (SSSR count). The van der Waals surface area contributed by atoms with Gasteiger partial charge in [0.2, 0.25) is 5.88 Å². The topological polar surface area (TPSA) is 53.4 Å². The number of aromatic nitrogens is 2. The van der Waals surface area contributed by atoms with Crippen LogP contribution in [0.1, 0.15) is 38.1 Å². The van der Waals surface area contributed by atoms with Crippen LogP contribution in [0, 0.1) is 0 Å². The Kier molecular flexibility index (Phi) is 5.97. The molecule has 0 spiro atoms. The molecule has 0 N–H and O–H groups in total. The van der Waals surface area contributed by atoms with Crippen LogP contribution in [0.15, 0.2) is 42.5 Å². The number of esters is 1. The first kappa shape index (κ1) is 16.8. The zero-order chi connectivity index (χ0) is 16.7. The Bertz CT molecular complexity index is 660. The molecule has 23 heavy (non-hydrogen) atoms. The number of hydrogen-bond donors (Lipinski definition) is 0. The van der Waals surface area contributed by atoms with Gasteiger partial charge in [-0.25, -0.2) is 9.48 Å². The van der Waals surface area contributed by atoms with Gasteiger partial charge < -0.3 is 9.47 Å². The molecule has 0 fully saturated rings. The van der Waals surface area contributed by atoms with Gasteiger partial charge in [-0.05, 0) is 32.4 Å². The average Bonchev–Trinajstić information content (AvgIpc) is 2.96. The highest BCUT2D eigenvalue weighted by atomic mass is 16.5. The van der Waals surface area contributed by atoms with E-state index in [2.05, 4.69) is 5.10 Å². The second kappa shape index (κ2) is 8.17. The first-order valence-electron chi connectivity index (χ1n) is 7.71. The zero-order valence-corrected chi connectivity index (χ0v) is 13.7. The van der Waals surface area contributed by atoms with Gasteiger partial charge in [0.15, 0.2) is 0 Å². The molecule has 5 nitrogen and oxygen atoms in total. The molecular formula is C18H22N2O3. The van der Waals surface area contributed by atoms with E-state index in [-0.39, 0.29) is 12.0 Å². The van der Waals surface area contributed by atoms with Crippen LogP contribution in [-0.2, 0) is 16.1 Å². The third-order valence-electron chi connectivity index (χ3n) is 3.12. The Morgan fingerprint density at radius 2 is 2.04 bits per heavy atom. The van der Waals surface area contributed by atoms with Gasteiger partial charge in [-0.3, -0.25) is 0 Å². The number of benzene rings is 1. The van der Waals surface area contributed by atoms with Crippen molar-refractivity contribution in [2.75, 3.05) is 6.61 Å². The van der Waals surface area contributed by atoms with Gasteiger partial charge >= 0.3 is 5.97 Å². The summed E-state index contributed by atoms with van der Waals surface area (Å²) in [4.78, 5) is 11.4. The van der Waals surface area contributed by atoms with Crippen molar-refractivity contribution < 1.29 is 14.3 Å². The van der Waals surface area contributed by atoms with Crippen LogP contribution < -0.4 is 4.74 Å². The predicted molar refractivity (Wildman–Crippen MR) is 89.1 cm³/mol. The summed E-state index contributed by atoms with van der Waals surface area (Å²) < 4.78 is 12.5. The monoisotopic (exact) mass is 314 g/mol. The maximum absolute atomic E-state index is 11.4. The summed E-state index contributed by atoms with van der Waals surface area (Å²) in [6.07, 6.45) is 3.00. The summed E-state index contributed by atoms with van der Waals surface area (Å²) in [7, 11) is 0. The van der Waals surface area contributed by atoms with Crippen molar-refractivity contribution in [2.45, 2.75) is 33.4 Å². The summed E-state index contributed by atoms with van der Waals surface area (Å²) in [6.45, 7) is 6.66. The molecule has 0 amide bonds. The minimum Gasteiger partial charge on any atom is -0.473 e. The predicted octanol–water partition coefficient (Wildman–Crippen LogP) is 3.62. The van der Waals surface area contributed by atoms with E-state index in [0.29, 0.717) is 24.8 Å². The largest absolute Gasteiger partial charge is 0.473 e. The van der Waals surface area contributed by atoms with E-state index < -0.39 is 0 Å². The number of carbonyl (C=O) groups is 1. The normalized spacial score (nSPS) is 11.1. The molecule has 5 heteroatoms. The van der Waals surface area contributed by atoms with E-state index >= 15 is 0 Å². The molecule has 0 atom stereocenters. The number of hydrogen-bond acceptors (Lipinski definition) is 4. The Morgan fingerprint density at radius 3 is 2.70 bits per heavy atom. The van der Waals surface area contributed by atoms with Crippen molar-refractivity contribution in [2.24, 2.45) is 0 Å². The smallest absolute Gasteiger partial charge is 0.330 e. The zero-order valence-electron chi connectivity index (χ0n) is 13.7. The van der Waals surface area contributed by atoms with Crippen molar-refractivity contribution >= 4 is 12.0 Å². The fourth-order valence-electron chi connectivity index (χ4n) is 2.03. The molecule has 0 aliphatic carbocycles. The molecule has 0 radical (unpaired) electrons. The van der Waals surface area contributed by atoms with Gasteiger partial charge in [0, 0.05) is 12.1 Å². The molecule has 1 aromatic heterocycles. The first-order valence-corrected chi connectivity index (χ1v) is 7.71. The summed E-state index contributed by atoms with van der Waals surface area (Å²) in [5.41, 5.74) is 1.75. The van der Waals surface area contributed by atoms with E-state index in [1.807, 2.05) is 50.2 Å². The highest BCUT2D eigenvalue weighted by molar-refractivity contribution is 5.86. The van der Waals surface area contributed by atoms with Crippen molar-refractivity contribution in [3.05, 3.63) is 53.7 Å². The van der Waals surface area contributed by atoms with Crippen molar-refractivity contribution in [3.8, 4) is 5.88 Å². The lowest BCUT2D eigenvalue weighted by molar-refractivity contribution is -0.137. The van der Waals surface area contributed by atoms with Gasteiger partial charge in [0.05, 0.1) is 18.3 Å². The highest BCUT2D eigenvalue weighted by Gasteiger charge is 2.11. The lowest BCUT2D eigenvalue weighted by atomic mass is 10.2. The number of rotatable bonds is 7. The summed E-state index contributed by atoms with van der Waals surface area (Å²) in [6, 6.07) is 11.9. The quantitative estimate of drug-likeness (QED) is 0.578.